The molecule has 76 valence electrons. The third-order valence-corrected chi connectivity index (χ3v) is 1.52. The number of aromatic nitrogens is 2. The van der Waals surface area contributed by atoms with E-state index < -0.39 is 0 Å². The molecule has 14 heavy (non-hydrogen) atoms. The standard InChI is InChI=1S/C8H13N5O/c1-9-8(14)12-6-4-10-7(11-5-6)13(2)3/h4-5H,1-3H3,(H2,9,12,14). The van der Waals surface area contributed by atoms with E-state index in [4.69, 9.17) is 0 Å². The van der Waals surface area contributed by atoms with Crippen LogP contribution in [0.2, 0.25) is 0 Å². The highest BCUT2D eigenvalue weighted by Crippen LogP contribution is 2.06. The van der Waals surface area contributed by atoms with E-state index in [2.05, 4.69) is 20.6 Å². The number of nitrogens with zero attached hydrogens (tertiary/aromatic N) is 3. The molecule has 0 aliphatic rings. The Kier molecular flexibility index (Phi) is 3.22. The predicted octanol–water partition coefficient (Wildman–Crippen LogP) is 0.294. The quantitative estimate of drug-likeness (QED) is 0.711. The van der Waals surface area contributed by atoms with Crippen molar-refractivity contribution in [2.75, 3.05) is 31.4 Å². The van der Waals surface area contributed by atoms with Crippen LogP contribution in [-0.2, 0) is 0 Å². The molecule has 0 spiro atoms. The first-order valence-electron chi connectivity index (χ1n) is 4.11. The molecule has 0 atom stereocenters. The molecule has 0 unspecified atom stereocenters. The summed E-state index contributed by atoms with van der Waals surface area (Å²) in [5, 5.41) is 5.00. The Bertz CT molecular complexity index is 308. The van der Waals surface area contributed by atoms with E-state index in [1.54, 1.807) is 24.3 Å². The second-order valence-electron chi connectivity index (χ2n) is 2.87. The Morgan fingerprint density at radius 3 is 2.36 bits per heavy atom. The fourth-order valence-electron chi connectivity index (χ4n) is 0.810. The lowest BCUT2D eigenvalue weighted by Crippen LogP contribution is -2.24. The number of amides is 2. The minimum absolute atomic E-state index is 0.286. The Labute approximate surface area is 82.4 Å². The van der Waals surface area contributed by atoms with Crippen LogP contribution in [0.3, 0.4) is 0 Å². The second kappa shape index (κ2) is 4.40. The van der Waals surface area contributed by atoms with Crippen molar-refractivity contribution in [3.8, 4) is 0 Å². The molecule has 2 N–H and O–H groups in total. The van der Waals surface area contributed by atoms with Gasteiger partial charge in [-0.1, -0.05) is 0 Å². The van der Waals surface area contributed by atoms with Gasteiger partial charge in [0.2, 0.25) is 5.95 Å². The highest BCUT2D eigenvalue weighted by Gasteiger charge is 2.01. The number of anilines is 2. The van der Waals surface area contributed by atoms with Crippen molar-refractivity contribution in [3.05, 3.63) is 12.4 Å². The largest absolute Gasteiger partial charge is 0.347 e. The lowest BCUT2D eigenvalue weighted by atomic mass is 10.5. The van der Waals surface area contributed by atoms with E-state index in [-0.39, 0.29) is 6.03 Å². The van der Waals surface area contributed by atoms with Gasteiger partial charge in [-0.2, -0.15) is 0 Å². The molecule has 0 saturated carbocycles. The molecular formula is C8H13N5O. The van der Waals surface area contributed by atoms with Gasteiger partial charge in [-0.15, -0.1) is 0 Å². The van der Waals surface area contributed by atoms with Crippen LogP contribution >= 0.6 is 0 Å². The van der Waals surface area contributed by atoms with Gasteiger partial charge in [0.1, 0.15) is 0 Å². The smallest absolute Gasteiger partial charge is 0.319 e. The van der Waals surface area contributed by atoms with E-state index >= 15 is 0 Å². The molecule has 0 aliphatic heterocycles. The Morgan fingerprint density at radius 2 is 1.93 bits per heavy atom. The van der Waals surface area contributed by atoms with Crippen molar-refractivity contribution in [1.29, 1.82) is 0 Å². The van der Waals surface area contributed by atoms with Gasteiger partial charge >= 0.3 is 6.03 Å². The number of hydrogen-bond acceptors (Lipinski definition) is 4. The van der Waals surface area contributed by atoms with Crippen molar-refractivity contribution in [2.45, 2.75) is 0 Å². The number of carbonyl (C=O) groups is 1. The van der Waals surface area contributed by atoms with Gasteiger partial charge in [0.25, 0.3) is 0 Å². The summed E-state index contributed by atoms with van der Waals surface area (Å²) in [5.41, 5.74) is 0.565. The van der Waals surface area contributed by atoms with Crippen LogP contribution in [0.1, 0.15) is 0 Å². The highest BCUT2D eigenvalue weighted by atomic mass is 16.2. The molecule has 0 aliphatic carbocycles. The van der Waals surface area contributed by atoms with Gasteiger partial charge in [-0.05, 0) is 0 Å². The maximum absolute atomic E-state index is 10.9. The van der Waals surface area contributed by atoms with Crippen molar-refractivity contribution >= 4 is 17.7 Å². The van der Waals surface area contributed by atoms with E-state index in [0.29, 0.717) is 11.6 Å². The first-order valence-corrected chi connectivity index (χ1v) is 4.11. The lowest BCUT2D eigenvalue weighted by molar-refractivity contribution is 0.254. The number of nitrogens with one attached hydrogen (secondary N) is 2. The second-order valence-corrected chi connectivity index (χ2v) is 2.87. The van der Waals surface area contributed by atoms with Crippen molar-refractivity contribution < 1.29 is 4.79 Å². The van der Waals surface area contributed by atoms with E-state index in [1.807, 2.05) is 14.1 Å². The summed E-state index contributed by atoms with van der Waals surface area (Å²) in [5.74, 6) is 0.604. The molecule has 0 radical (unpaired) electrons. The van der Waals surface area contributed by atoms with Gasteiger partial charge in [0.15, 0.2) is 0 Å². The van der Waals surface area contributed by atoms with Gasteiger partial charge < -0.3 is 15.5 Å². The summed E-state index contributed by atoms with van der Waals surface area (Å²) in [6, 6.07) is -0.286. The SMILES string of the molecule is CNC(=O)Nc1cnc(N(C)C)nc1. The molecule has 0 fully saturated rings. The molecule has 1 rings (SSSR count). The summed E-state index contributed by atoms with van der Waals surface area (Å²) >= 11 is 0. The van der Waals surface area contributed by atoms with Gasteiger partial charge in [-0.25, -0.2) is 14.8 Å². The van der Waals surface area contributed by atoms with Crippen molar-refractivity contribution in [2.24, 2.45) is 0 Å². The van der Waals surface area contributed by atoms with Gasteiger partial charge in [0, 0.05) is 21.1 Å². The highest BCUT2D eigenvalue weighted by molar-refractivity contribution is 5.88. The molecule has 0 bridgehead atoms. The fraction of sp³-hybridized carbons (Fsp3) is 0.375. The predicted molar refractivity (Wildman–Crippen MR) is 54.4 cm³/mol. The number of rotatable bonds is 2. The van der Waals surface area contributed by atoms with Crippen LogP contribution < -0.4 is 15.5 Å². The average molecular weight is 195 g/mol. The number of hydrogen-bond donors (Lipinski definition) is 2. The molecule has 6 heteroatoms. The van der Waals surface area contributed by atoms with Gasteiger partial charge in [0.05, 0.1) is 18.1 Å². The van der Waals surface area contributed by atoms with Crippen LogP contribution in [0.5, 0.6) is 0 Å². The summed E-state index contributed by atoms with van der Waals surface area (Å²) in [6.07, 6.45) is 3.11. The lowest BCUT2D eigenvalue weighted by Gasteiger charge is -2.09. The van der Waals surface area contributed by atoms with Crippen LogP contribution in [0, 0.1) is 0 Å². The molecule has 6 nitrogen and oxygen atoms in total. The average Bonchev–Trinajstić information content (AvgIpc) is 2.18. The maximum Gasteiger partial charge on any atom is 0.319 e. The summed E-state index contributed by atoms with van der Waals surface area (Å²) in [7, 11) is 5.24. The third-order valence-electron chi connectivity index (χ3n) is 1.52. The fourth-order valence-corrected chi connectivity index (χ4v) is 0.810. The van der Waals surface area contributed by atoms with Gasteiger partial charge in [-0.3, -0.25) is 0 Å². The number of carbonyl (C=O) groups excluding carboxylic acids is 1. The maximum atomic E-state index is 10.9. The van der Waals surface area contributed by atoms with Crippen molar-refractivity contribution in [3.63, 3.8) is 0 Å². The molecule has 0 aromatic carbocycles. The summed E-state index contributed by atoms with van der Waals surface area (Å²) in [4.78, 5) is 20.8. The molecular weight excluding hydrogens is 182 g/mol. The van der Waals surface area contributed by atoms with Crippen LogP contribution in [-0.4, -0.2) is 37.1 Å². The normalized spacial score (nSPS) is 9.36. The Morgan fingerprint density at radius 1 is 1.36 bits per heavy atom. The molecule has 1 aromatic rings. The van der Waals surface area contributed by atoms with E-state index in [9.17, 15) is 4.79 Å². The molecule has 0 saturated heterocycles. The van der Waals surface area contributed by atoms with E-state index in [1.165, 1.54) is 0 Å². The Hall–Kier alpha value is -1.85. The zero-order chi connectivity index (χ0) is 10.6. The minimum Gasteiger partial charge on any atom is -0.347 e. The van der Waals surface area contributed by atoms with Crippen LogP contribution in [0.4, 0.5) is 16.4 Å². The first kappa shape index (κ1) is 10.2. The van der Waals surface area contributed by atoms with Crippen LogP contribution in [0.25, 0.3) is 0 Å². The number of urea groups is 1. The zero-order valence-electron chi connectivity index (χ0n) is 8.40. The van der Waals surface area contributed by atoms with Crippen molar-refractivity contribution in [1.82, 2.24) is 15.3 Å². The molecule has 1 aromatic heterocycles. The van der Waals surface area contributed by atoms with E-state index in [0.717, 1.165) is 0 Å². The van der Waals surface area contributed by atoms with Crippen LogP contribution in [0.15, 0.2) is 12.4 Å². The molecule has 2 amide bonds. The molecule has 1 heterocycles. The monoisotopic (exact) mass is 195 g/mol. The Balaban J connectivity index is 2.69. The zero-order valence-corrected chi connectivity index (χ0v) is 8.40. The third kappa shape index (κ3) is 2.58. The topological polar surface area (TPSA) is 70.2 Å². The first-order chi connectivity index (χ1) is 6.63. The summed E-state index contributed by atoms with van der Waals surface area (Å²) in [6.45, 7) is 0. The summed E-state index contributed by atoms with van der Waals surface area (Å²) < 4.78 is 0. The minimum atomic E-state index is -0.286.